The SMILES string of the molecule is Cc1cc(OCC(C)C)ccc1/C(O)=C1\C(=O)C(=O)N(CCCN2CCOCC2)[C@H]1c1ccc([N+](=O)[O-])cc1. The van der Waals surface area contributed by atoms with Crippen LogP contribution in [0.1, 0.15) is 43.0 Å². The molecule has 2 aliphatic rings. The molecule has 10 heteroatoms. The molecule has 0 saturated carbocycles. The summed E-state index contributed by atoms with van der Waals surface area (Å²) in [7, 11) is 0. The Hall–Kier alpha value is -3.76. The lowest BCUT2D eigenvalue weighted by Crippen LogP contribution is -2.38. The zero-order valence-electron chi connectivity index (χ0n) is 22.6. The van der Waals surface area contributed by atoms with Crippen LogP contribution in [-0.2, 0) is 14.3 Å². The number of nitro groups is 1. The van der Waals surface area contributed by atoms with Crippen LogP contribution in [0.4, 0.5) is 5.69 Å². The van der Waals surface area contributed by atoms with E-state index in [-0.39, 0.29) is 17.0 Å². The van der Waals surface area contributed by atoms with Gasteiger partial charge in [-0.1, -0.05) is 13.8 Å². The minimum Gasteiger partial charge on any atom is -0.507 e. The predicted molar refractivity (Wildman–Crippen MR) is 145 cm³/mol. The number of morpholine rings is 1. The van der Waals surface area contributed by atoms with Gasteiger partial charge in [0.1, 0.15) is 11.5 Å². The van der Waals surface area contributed by atoms with E-state index < -0.39 is 22.7 Å². The maximum absolute atomic E-state index is 13.3. The maximum Gasteiger partial charge on any atom is 0.295 e. The first-order chi connectivity index (χ1) is 18.7. The van der Waals surface area contributed by atoms with Crippen LogP contribution in [0.2, 0.25) is 0 Å². The van der Waals surface area contributed by atoms with Crippen molar-refractivity contribution in [3.63, 3.8) is 0 Å². The third-order valence-corrected chi connectivity index (χ3v) is 6.97. The van der Waals surface area contributed by atoms with Crippen LogP contribution < -0.4 is 4.74 Å². The largest absolute Gasteiger partial charge is 0.507 e. The number of carbonyl (C=O) groups excluding carboxylic acids is 2. The molecule has 0 aliphatic carbocycles. The fourth-order valence-corrected chi connectivity index (χ4v) is 4.92. The second-order valence-corrected chi connectivity index (χ2v) is 10.3. The third kappa shape index (κ3) is 6.46. The van der Waals surface area contributed by atoms with E-state index in [1.165, 1.54) is 29.2 Å². The van der Waals surface area contributed by atoms with Gasteiger partial charge >= 0.3 is 0 Å². The number of aryl methyl sites for hydroxylation is 1. The molecule has 2 aliphatic heterocycles. The Bertz CT molecular complexity index is 1250. The van der Waals surface area contributed by atoms with Crippen molar-refractivity contribution in [2.24, 2.45) is 5.92 Å². The summed E-state index contributed by atoms with van der Waals surface area (Å²) in [5.74, 6) is -0.758. The number of benzene rings is 2. The first kappa shape index (κ1) is 28.3. The Morgan fingerprint density at radius 3 is 2.44 bits per heavy atom. The lowest BCUT2D eigenvalue weighted by Gasteiger charge is -2.29. The molecule has 2 saturated heterocycles. The van der Waals surface area contributed by atoms with E-state index in [2.05, 4.69) is 4.90 Å². The smallest absolute Gasteiger partial charge is 0.295 e. The van der Waals surface area contributed by atoms with Gasteiger partial charge in [0.15, 0.2) is 0 Å². The monoisotopic (exact) mass is 537 g/mol. The number of Topliss-reactive ketones (excluding diaryl/α,β-unsaturated/α-hetero) is 1. The van der Waals surface area contributed by atoms with Crippen molar-refractivity contribution in [3.05, 3.63) is 74.8 Å². The standard InChI is InChI=1S/C29H35N3O7/c1-19(2)18-39-23-9-10-24(20(3)17-23)27(33)25-26(21-5-7-22(8-6-21)32(36)37)31(29(35)28(25)34)12-4-11-30-13-15-38-16-14-30/h5-10,17,19,26,33H,4,11-16,18H2,1-3H3/b27-25+/t26-/m0/s1. The van der Waals surface area contributed by atoms with E-state index in [0.29, 0.717) is 61.1 Å². The molecule has 0 unspecified atom stereocenters. The summed E-state index contributed by atoms with van der Waals surface area (Å²) >= 11 is 0. The molecule has 10 nitrogen and oxygen atoms in total. The molecule has 0 spiro atoms. The second kappa shape index (κ2) is 12.4. The molecule has 0 radical (unpaired) electrons. The number of rotatable bonds is 10. The summed E-state index contributed by atoms with van der Waals surface area (Å²) in [6.07, 6.45) is 0.622. The van der Waals surface area contributed by atoms with E-state index in [4.69, 9.17) is 9.47 Å². The average Bonchev–Trinajstić information content (AvgIpc) is 3.17. The summed E-state index contributed by atoms with van der Waals surface area (Å²) < 4.78 is 11.2. The van der Waals surface area contributed by atoms with Crippen LogP contribution in [0.3, 0.4) is 0 Å². The lowest BCUT2D eigenvalue weighted by atomic mass is 9.93. The number of aliphatic hydroxyl groups excluding tert-OH is 1. The first-order valence-electron chi connectivity index (χ1n) is 13.2. The van der Waals surface area contributed by atoms with Gasteiger partial charge in [-0.25, -0.2) is 0 Å². The highest BCUT2D eigenvalue weighted by Gasteiger charge is 2.46. The molecule has 2 aromatic carbocycles. The fourth-order valence-electron chi connectivity index (χ4n) is 4.92. The summed E-state index contributed by atoms with van der Waals surface area (Å²) in [5.41, 5.74) is 1.50. The van der Waals surface area contributed by atoms with Crippen molar-refractivity contribution in [1.29, 1.82) is 0 Å². The third-order valence-electron chi connectivity index (χ3n) is 6.97. The van der Waals surface area contributed by atoms with Gasteiger partial charge in [-0.05, 0) is 60.7 Å². The zero-order valence-corrected chi connectivity index (χ0v) is 22.6. The molecule has 1 atom stereocenters. The molecule has 0 bridgehead atoms. The van der Waals surface area contributed by atoms with Gasteiger partial charge in [0, 0.05) is 43.9 Å². The average molecular weight is 538 g/mol. The zero-order chi connectivity index (χ0) is 28.1. The predicted octanol–water partition coefficient (Wildman–Crippen LogP) is 4.08. The summed E-state index contributed by atoms with van der Waals surface area (Å²) in [5, 5.41) is 22.6. The molecule has 39 heavy (non-hydrogen) atoms. The number of aliphatic hydroxyl groups is 1. The van der Waals surface area contributed by atoms with Crippen molar-refractivity contribution in [2.75, 3.05) is 46.0 Å². The fraction of sp³-hybridized carbons (Fsp3) is 0.448. The number of nitrogens with zero attached hydrogens (tertiary/aromatic N) is 3. The van der Waals surface area contributed by atoms with Crippen LogP contribution in [0.5, 0.6) is 5.75 Å². The van der Waals surface area contributed by atoms with E-state index in [1.54, 1.807) is 25.1 Å². The summed E-state index contributed by atoms with van der Waals surface area (Å²) in [6.45, 7) is 10.4. The number of hydrogen-bond donors (Lipinski definition) is 1. The molecule has 4 rings (SSSR count). The van der Waals surface area contributed by atoms with Gasteiger partial charge in [-0.15, -0.1) is 0 Å². The molecule has 2 aromatic rings. The lowest BCUT2D eigenvalue weighted by molar-refractivity contribution is -0.384. The Labute approximate surface area is 228 Å². The van der Waals surface area contributed by atoms with Gasteiger partial charge in [0.05, 0.1) is 36.4 Å². The van der Waals surface area contributed by atoms with Gasteiger partial charge in [0.2, 0.25) is 0 Å². The van der Waals surface area contributed by atoms with E-state index in [9.17, 15) is 24.8 Å². The number of nitro benzene ring substituents is 1. The van der Waals surface area contributed by atoms with Gasteiger partial charge in [0.25, 0.3) is 17.4 Å². The van der Waals surface area contributed by atoms with Crippen molar-refractivity contribution in [1.82, 2.24) is 9.80 Å². The maximum atomic E-state index is 13.3. The molecule has 1 N–H and O–H groups in total. The molecular formula is C29H35N3O7. The Kier molecular flexibility index (Phi) is 8.98. The highest BCUT2D eigenvalue weighted by molar-refractivity contribution is 6.46. The van der Waals surface area contributed by atoms with Crippen molar-refractivity contribution in [2.45, 2.75) is 33.2 Å². The second-order valence-electron chi connectivity index (χ2n) is 10.3. The summed E-state index contributed by atoms with van der Waals surface area (Å²) in [4.78, 5) is 41.0. The number of hydrogen-bond acceptors (Lipinski definition) is 8. The number of amides is 1. The number of likely N-dealkylation sites (tertiary alicyclic amines) is 1. The van der Waals surface area contributed by atoms with Gasteiger partial charge in [-0.2, -0.15) is 0 Å². The van der Waals surface area contributed by atoms with Gasteiger partial charge < -0.3 is 19.5 Å². The van der Waals surface area contributed by atoms with Gasteiger partial charge in [-0.3, -0.25) is 24.6 Å². The van der Waals surface area contributed by atoms with E-state index in [1.807, 2.05) is 13.8 Å². The van der Waals surface area contributed by atoms with Crippen LogP contribution in [0.15, 0.2) is 48.0 Å². The Balaban J connectivity index is 1.68. The number of non-ortho nitro benzene ring substituents is 1. The van der Waals surface area contributed by atoms with E-state index >= 15 is 0 Å². The van der Waals surface area contributed by atoms with Crippen LogP contribution >= 0.6 is 0 Å². The molecule has 1 amide bonds. The van der Waals surface area contributed by atoms with E-state index in [0.717, 1.165) is 19.6 Å². The normalized spacial score (nSPS) is 19.6. The van der Waals surface area contributed by atoms with Crippen molar-refractivity contribution < 1.29 is 29.1 Å². The first-order valence-corrected chi connectivity index (χ1v) is 13.2. The van der Waals surface area contributed by atoms with Crippen molar-refractivity contribution >= 4 is 23.1 Å². The van der Waals surface area contributed by atoms with Crippen molar-refractivity contribution in [3.8, 4) is 5.75 Å². The minimum atomic E-state index is -0.869. The van der Waals surface area contributed by atoms with Crippen LogP contribution in [0.25, 0.3) is 5.76 Å². The Morgan fingerprint density at radius 2 is 1.82 bits per heavy atom. The van der Waals surface area contributed by atoms with Crippen LogP contribution in [-0.4, -0.2) is 77.5 Å². The molecule has 2 heterocycles. The quantitative estimate of drug-likeness (QED) is 0.158. The molecule has 0 aromatic heterocycles. The molecule has 2 fully saturated rings. The summed E-state index contributed by atoms with van der Waals surface area (Å²) in [6, 6.07) is 10.1. The Morgan fingerprint density at radius 1 is 1.13 bits per heavy atom. The topological polar surface area (TPSA) is 122 Å². The number of ketones is 1. The number of carbonyl (C=O) groups is 2. The minimum absolute atomic E-state index is 0.0285. The highest BCUT2D eigenvalue weighted by Crippen LogP contribution is 2.40. The van der Waals surface area contributed by atoms with Crippen LogP contribution in [0, 0.1) is 23.0 Å². The number of ether oxygens (including phenoxy) is 2. The highest BCUT2D eigenvalue weighted by atomic mass is 16.6. The molecular weight excluding hydrogens is 502 g/mol. The molecule has 208 valence electrons.